The summed E-state index contributed by atoms with van der Waals surface area (Å²) in [7, 11) is 0. The number of carboxylic acid groups (broad SMARTS) is 1. The van der Waals surface area contributed by atoms with Crippen LogP contribution in [0.1, 0.15) is 60.4 Å². The van der Waals surface area contributed by atoms with Crippen LogP contribution >= 0.6 is 11.6 Å². The van der Waals surface area contributed by atoms with E-state index in [0.29, 0.717) is 37.4 Å². The van der Waals surface area contributed by atoms with E-state index in [1.165, 1.54) is 18.2 Å². The zero-order valence-electron chi connectivity index (χ0n) is 19.8. The van der Waals surface area contributed by atoms with Crippen LogP contribution in [0.3, 0.4) is 0 Å². The second kappa shape index (κ2) is 11.4. The van der Waals surface area contributed by atoms with Gasteiger partial charge in [-0.15, -0.1) is 0 Å². The number of anilines is 2. The van der Waals surface area contributed by atoms with Gasteiger partial charge < -0.3 is 20.6 Å². The fraction of sp³-hybridized carbons (Fsp3) is 0.385. The van der Waals surface area contributed by atoms with E-state index in [4.69, 9.17) is 16.7 Å². The van der Waals surface area contributed by atoms with Gasteiger partial charge in [-0.05, 0) is 55.2 Å². The van der Waals surface area contributed by atoms with Crippen LogP contribution in [0.5, 0.6) is 0 Å². The van der Waals surface area contributed by atoms with Gasteiger partial charge in [0.25, 0.3) is 5.91 Å². The first-order valence-electron chi connectivity index (χ1n) is 12.1. The fourth-order valence-electron chi connectivity index (χ4n) is 4.78. The Morgan fingerprint density at radius 2 is 1.89 bits per heavy atom. The van der Waals surface area contributed by atoms with Crippen molar-refractivity contribution < 1.29 is 24.3 Å². The summed E-state index contributed by atoms with van der Waals surface area (Å²) in [5.74, 6) is -0.698. The van der Waals surface area contributed by atoms with E-state index >= 15 is 0 Å². The standard InChI is InChI=1S/C26H29ClN4O5/c27-18-6-4-5-16(13-18)17-11-12-31(15-17)25(34)21-7-2-1-3-8-23(32)29-22-14-19(28-26(35)36)9-10-20(22)24(33)30-21/h4-6,9-10,13-14,17,21,28H,1-3,7-8,11-12,15H2,(H,29,32)(H,30,33)(H,35,36). The average molecular weight is 513 g/mol. The van der Waals surface area contributed by atoms with Crippen molar-refractivity contribution in [1.82, 2.24) is 10.2 Å². The number of carbonyl (C=O) groups excluding carboxylic acids is 3. The average Bonchev–Trinajstić information content (AvgIpc) is 3.32. The molecule has 9 nitrogen and oxygen atoms in total. The molecule has 2 aromatic carbocycles. The van der Waals surface area contributed by atoms with Crippen molar-refractivity contribution in [2.75, 3.05) is 23.7 Å². The maximum Gasteiger partial charge on any atom is 0.409 e. The summed E-state index contributed by atoms with van der Waals surface area (Å²) in [6, 6.07) is 11.3. The Labute approximate surface area is 214 Å². The van der Waals surface area contributed by atoms with Gasteiger partial charge in [0, 0.05) is 36.1 Å². The second-order valence-electron chi connectivity index (χ2n) is 9.19. The first-order chi connectivity index (χ1) is 17.3. The highest BCUT2D eigenvalue weighted by molar-refractivity contribution is 6.30. The number of hydrogen-bond acceptors (Lipinski definition) is 4. The first-order valence-corrected chi connectivity index (χ1v) is 12.5. The monoisotopic (exact) mass is 512 g/mol. The van der Waals surface area contributed by atoms with Crippen LogP contribution in [0.15, 0.2) is 42.5 Å². The van der Waals surface area contributed by atoms with Crippen molar-refractivity contribution in [2.45, 2.75) is 50.5 Å². The third-order valence-corrected chi connectivity index (χ3v) is 6.84. The van der Waals surface area contributed by atoms with Crippen LogP contribution in [0.25, 0.3) is 0 Å². The van der Waals surface area contributed by atoms with Gasteiger partial charge in [-0.2, -0.15) is 0 Å². The molecule has 0 saturated carbocycles. The lowest BCUT2D eigenvalue weighted by atomic mass is 9.98. The molecule has 10 heteroatoms. The van der Waals surface area contributed by atoms with Gasteiger partial charge in [0.2, 0.25) is 11.8 Å². The third kappa shape index (κ3) is 6.34. The third-order valence-electron chi connectivity index (χ3n) is 6.61. The largest absolute Gasteiger partial charge is 0.465 e. The number of amides is 4. The van der Waals surface area contributed by atoms with Crippen LogP contribution in [0.4, 0.5) is 16.2 Å². The van der Waals surface area contributed by atoms with Crippen molar-refractivity contribution in [3.05, 3.63) is 58.6 Å². The smallest absolute Gasteiger partial charge is 0.409 e. The quantitative estimate of drug-likeness (QED) is 0.483. The summed E-state index contributed by atoms with van der Waals surface area (Å²) < 4.78 is 0. The SMILES string of the molecule is O=C(O)Nc1ccc2c(c1)NC(=O)CCCCCC(C(=O)N1CCC(c3cccc(Cl)c3)C1)NC2=O. The van der Waals surface area contributed by atoms with Gasteiger partial charge in [-0.1, -0.05) is 36.6 Å². The maximum atomic E-state index is 13.5. The van der Waals surface area contributed by atoms with Gasteiger partial charge in [0.1, 0.15) is 6.04 Å². The Morgan fingerprint density at radius 1 is 1.06 bits per heavy atom. The molecule has 4 N–H and O–H groups in total. The highest BCUT2D eigenvalue weighted by Gasteiger charge is 2.33. The lowest BCUT2D eigenvalue weighted by Crippen LogP contribution is -2.48. The van der Waals surface area contributed by atoms with E-state index in [2.05, 4.69) is 16.0 Å². The minimum Gasteiger partial charge on any atom is -0.465 e. The summed E-state index contributed by atoms with van der Waals surface area (Å²) in [6.07, 6.45) is 2.38. The molecule has 1 fully saturated rings. The summed E-state index contributed by atoms with van der Waals surface area (Å²) in [5.41, 5.74) is 1.67. The number of likely N-dealkylation sites (tertiary alicyclic amines) is 1. The minimum atomic E-state index is -1.26. The van der Waals surface area contributed by atoms with Crippen LogP contribution in [-0.4, -0.2) is 53.0 Å². The number of hydrogen-bond donors (Lipinski definition) is 4. The Kier molecular flexibility index (Phi) is 8.10. The normalized spacial score (nSPS) is 20.9. The predicted molar refractivity (Wildman–Crippen MR) is 136 cm³/mol. The van der Waals surface area contributed by atoms with E-state index in [9.17, 15) is 19.2 Å². The van der Waals surface area contributed by atoms with Crippen LogP contribution in [-0.2, 0) is 9.59 Å². The summed E-state index contributed by atoms with van der Waals surface area (Å²) in [5, 5.41) is 17.5. The molecule has 190 valence electrons. The number of rotatable bonds is 3. The molecule has 2 unspecified atom stereocenters. The Balaban J connectivity index is 1.53. The minimum absolute atomic E-state index is 0.125. The van der Waals surface area contributed by atoms with E-state index < -0.39 is 18.0 Å². The molecule has 0 radical (unpaired) electrons. The van der Waals surface area contributed by atoms with Crippen LogP contribution < -0.4 is 16.0 Å². The maximum absolute atomic E-state index is 13.5. The summed E-state index contributed by atoms with van der Waals surface area (Å²) in [4.78, 5) is 51.9. The molecule has 2 aliphatic heterocycles. The number of benzene rings is 2. The molecule has 36 heavy (non-hydrogen) atoms. The number of nitrogens with zero attached hydrogens (tertiary/aromatic N) is 1. The molecular weight excluding hydrogens is 484 g/mol. The second-order valence-corrected chi connectivity index (χ2v) is 9.63. The molecule has 0 aromatic heterocycles. The van der Waals surface area contributed by atoms with Crippen molar-refractivity contribution in [3.63, 3.8) is 0 Å². The van der Waals surface area contributed by atoms with Crippen LogP contribution in [0.2, 0.25) is 5.02 Å². The molecule has 2 aliphatic rings. The number of carbonyl (C=O) groups is 4. The zero-order valence-corrected chi connectivity index (χ0v) is 20.5. The molecular formula is C26H29ClN4O5. The summed E-state index contributed by atoms with van der Waals surface area (Å²) >= 11 is 6.14. The zero-order chi connectivity index (χ0) is 25.7. The number of halogens is 1. The van der Waals surface area contributed by atoms with Crippen molar-refractivity contribution in [1.29, 1.82) is 0 Å². The molecule has 2 atom stereocenters. The summed E-state index contributed by atoms with van der Waals surface area (Å²) in [6.45, 7) is 1.15. The lowest BCUT2D eigenvalue weighted by molar-refractivity contribution is -0.132. The molecule has 2 aromatic rings. The van der Waals surface area contributed by atoms with Gasteiger partial charge >= 0.3 is 6.09 Å². The number of fused-ring (bicyclic) bond motifs is 1. The van der Waals surface area contributed by atoms with E-state index in [0.717, 1.165) is 18.4 Å². The van der Waals surface area contributed by atoms with Crippen molar-refractivity contribution in [2.24, 2.45) is 0 Å². The van der Waals surface area contributed by atoms with Gasteiger partial charge in [0.05, 0.1) is 11.3 Å². The Morgan fingerprint density at radius 3 is 2.67 bits per heavy atom. The highest BCUT2D eigenvalue weighted by atomic mass is 35.5. The Bertz CT molecular complexity index is 1170. The molecule has 4 rings (SSSR count). The fourth-order valence-corrected chi connectivity index (χ4v) is 4.98. The van der Waals surface area contributed by atoms with Crippen molar-refractivity contribution >= 4 is 46.8 Å². The predicted octanol–water partition coefficient (Wildman–Crippen LogP) is 4.45. The van der Waals surface area contributed by atoms with E-state index in [-0.39, 0.29) is 41.1 Å². The van der Waals surface area contributed by atoms with Crippen LogP contribution in [0, 0.1) is 0 Å². The topological polar surface area (TPSA) is 128 Å². The molecule has 2 heterocycles. The number of nitrogens with one attached hydrogen (secondary N) is 3. The Hall–Kier alpha value is -3.59. The molecule has 0 bridgehead atoms. The molecule has 1 saturated heterocycles. The van der Waals surface area contributed by atoms with Gasteiger partial charge in [0.15, 0.2) is 0 Å². The first kappa shape index (κ1) is 25.5. The molecule has 0 aliphatic carbocycles. The lowest BCUT2D eigenvalue weighted by Gasteiger charge is -2.25. The molecule has 0 spiro atoms. The van der Waals surface area contributed by atoms with E-state index in [1.54, 1.807) is 4.90 Å². The molecule has 4 amide bonds. The van der Waals surface area contributed by atoms with E-state index in [1.807, 2.05) is 24.3 Å². The van der Waals surface area contributed by atoms with Gasteiger partial charge in [-0.3, -0.25) is 19.7 Å². The highest BCUT2D eigenvalue weighted by Crippen LogP contribution is 2.30. The van der Waals surface area contributed by atoms with Gasteiger partial charge in [-0.25, -0.2) is 4.79 Å². The van der Waals surface area contributed by atoms with Crippen molar-refractivity contribution in [3.8, 4) is 0 Å².